The SMILES string of the molecule is Cc1nnnn1-c1cccc(NC(=O)c2cc(Br)ccc2F)c1. The highest BCUT2D eigenvalue weighted by molar-refractivity contribution is 9.10. The van der Waals surface area contributed by atoms with Gasteiger partial charge in [0.05, 0.1) is 11.3 Å². The lowest BCUT2D eigenvalue weighted by molar-refractivity contribution is 0.102. The van der Waals surface area contributed by atoms with Crippen LogP contribution in [-0.4, -0.2) is 26.1 Å². The number of amides is 1. The van der Waals surface area contributed by atoms with E-state index in [1.165, 1.54) is 22.9 Å². The molecule has 0 aliphatic carbocycles. The van der Waals surface area contributed by atoms with Crippen LogP contribution in [0.1, 0.15) is 16.2 Å². The van der Waals surface area contributed by atoms with Crippen LogP contribution in [0, 0.1) is 12.7 Å². The van der Waals surface area contributed by atoms with E-state index >= 15 is 0 Å². The molecule has 1 heterocycles. The second-order valence-corrected chi connectivity index (χ2v) is 5.68. The zero-order valence-electron chi connectivity index (χ0n) is 12.0. The minimum Gasteiger partial charge on any atom is -0.322 e. The Labute approximate surface area is 139 Å². The highest BCUT2D eigenvalue weighted by Gasteiger charge is 2.13. The summed E-state index contributed by atoms with van der Waals surface area (Å²) in [6, 6.07) is 11.2. The number of tetrazole rings is 1. The second kappa shape index (κ2) is 6.25. The van der Waals surface area contributed by atoms with Crippen molar-refractivity contribution >= 4 is 27.5 Å². The molecule has 0 aliphatic rings. The zero-order chi connectivity index (χ0) is 16.4. The van der Waals surface area contributed by atoms with Crippen molar-refractivity contribution in [3.05, 3.63) is 64.1 Å². The minimum atomic E-state index is -0.585. The first-order valence-electron chi connectivity index (χ1n) is 6.66. The second-order valence-electron chi connectivity index (χ2n) is 4.77. The van der Waals surface area contributed by atoms with E-state index in [1.54, 1.807) is 31.2 Å². The molecule has 1 amide bonds. The lowest BCUT2D eigenvalue weighted by atomic mass is 10.2. The Kier molecular flexibility index (Phi) is 4.16. The van der Waals surface area contributed by atoms with Crippen LogP contribution in [0.3, 0.4) is 0 Å². The zero-order valence-corrected chi connectivity index (χ0v) is 13.6. The van der Waals surface area contributed by atoms with Crippen LogP contribution in [0.4, 0.5) is 10.1 Å². The van der Waals surface area contributed by atoms with E-state index in [2.05, 4.69) is 36.8 Å². The molecular formula is C15H11BrFN5O. The fraction of sp³-hybridized carbons (Fsp3) is 0.0667. The summed E-state index contributed by atoms with van der Waals surface area (Å²) in [4.78, 5) is 12.2. The van der Waals surface area contributed by atoms with Crippen molar-refractivity contribution in [2.24, 2.45) is 0 Å². The van der Waals surface area contributed by atoms with Crippen LogP contribution in [-0.2, 0) is 0 Å². The Balaban J connectivity index is 1.87. The third kappa shape index (κ3) is 3.26. The van der Waals surface area contributed by atoms with E-state index in [9.17, 15) is 9.18 Å². The number of hydrogen-bond acceptors (Lipinski definition) is 4. The molecule has 0 spiro atoms. The van der Waals surface area contributed by atoms with Crippen molar-refractivity contribution in [3.8, 4) is 5.69 Å². The smallest absolute Gasteiger partial charge is 0.258 e. The van der Waals surface area contributed by atoms with Crippen molar-refractivity contribution in [2.75, 3.05) is 5.32 Å². The Bertz CT molecular complexity index is 880. The molecule has 0 aliphatic heterocycles. The molecule has 0 bridgehead atoms. The number of nitrogens with zero attached hydrogens (tertiary/aromatic N) is 4. The number of aromatic nitrogens is 4. The lowest BCUT2D eigenvalue weighted by Gasteiger charge is -2.08. The fourth-order valence-corrected chi connectivity index (χ4v) is 2.42. The number of carbonyl (C=O) groups excluding carboxylic acids is 1. The van der Waals surface area contributed by atoms with Gasteiger partial charge in [-0.2, -0.15) is 4.68 Å². The largest absolute Gasteiger partial charge is 0.322 e. The molecule has 3 aromatic rings. The summed E-state index contributed by atoms with van der Waals surface area (Å²) in [6.45, 7) is 1.77. The first kappa shape index (κ1) is 15.3. The molecule has 3 rings (SSSR count). The summed E-state index contributed by atoms with van der Waals surface area (Å²) in [5, 5.41) is 13.9. The summed E-state index contributed by atoms with van der Waals surface area (Å²) in [6.07, 6.45) is 0. The maximum atomic E-state index is 13.8. The summed E-state index contributed by atoms with van der Waals surface area (Å²) < 4.78 is 15.9. The third-order valence-corrected chi connectivity index (χ3v) is 3.64. The van der Waals surface area contributed by atoms with Gasteiger partial charge in [0, 0.05) is 10.2 Å². The highest BCUT2D eigenvalue weighted by Crippen LogP contribution is 2.19. The third-order valence-electron chi connectivity index (χ3n) is 3.15. The molecule has 0 fully saturated rings. The number of carbonyl (C=O) groups is 1. The highest BCUT2D eigenvalue weighted by atomic mass is 79.9. The van der Waals surface area contributed by atoms with Gasteiger partial charge in [0.1, 0.15) is 5.82 Å². The van der Waals surface area contributed by atoms with Crippen molar-refractivity contribution in [2.45, 2.75) is 6.92 Å². The molecule has 0 radical (unpaired) electrons. The van der Waals surface area contributed by atoms with Gasteiger partial charge in [0.25, 0.3) is 5.91 Å². The van der Waals surface area contributed by atoms with Crippen molar-refractivity contribution in [1.29, 1.82) is 0 Å². The van der Waals surface area contributed by atoms with Crippen LogP contribution in [0.2, 0.25) is 0 Å². The summed E-state index contributed by atoms with van der Waals surface area (Å²) in [7, 11) is 0. The normalized spacial score (nSPS) is 10.6. The van der Waals surface area contributed by atoms with E-state index in [4.69, 9.17) is 0 Å². The van der Waals surface area contributed by atoms with Gasteiger partial charge in [0.15, 0.2) is 5.82 Å². The summed E-state index contributed by atoms with van der Waals surface area (Å²) >= 11 is 3.22. The molecule has 6 nitrogen and oxygen atoms in total. The van der Waals surface area contributed by atoms with Gasteiger partial charge in [0.2, 0.25) is 0 Å². The van der Waals surface area contributed by atoms with Gasteiger partial charge in [-0.1, -0.05) is 22.0 Å². The molecule has 0 saturated carbocycles. The quantitative estimate of drug-likeness (QED) is 0.763. The Morgan fingerprint density at radius 3 is 2.83 bits per heavy atom. The predicted octanol–water partition coefficient (Wildman–Crippen LogP) is 3.12. The van der Waals surface area contributed by atoms with E-state index in [1.807, 2.05) is 0 Å². The minimum absolute atomic E-state index is 0.0385. The Morgan fingerprint density at radius 1 is 1.26 bits per heavy atom. The molecule has 116 valence electrons. The average Bonchev–Trinajstić information content (AvgIpc) is 2.96. The van der Waals surface area contributed by atoms with Crippen LogP contribution >= 0.6 is 15.9 Å². The number of halogens is 2. The van der Waals surface area contributed by atoms with Gasteiger partial charge >= 0.3 is 0 Å². The molecule has 1 aromatic heterocycles. The molecule has 0 atom stereocenters. The number of benzene rings is 2. The predicted molar refractivity (Wildman–Crippen MR) is 85.9 cm³/mol. The van der Waals surface area contributed by atoms with E-state index in [0.717, 1.165) is 0 Å². The molecule has 2 aromatic carbocycles. The lowest BCUT2D eigenvalue weighted by Crippen LogP contribution is -2.14. The van der Waals surface area contributed by atoms with Crippen molar-refractivity contribution in [3.63, 3.8) is 0 Å². The molecule has 23 heavy (non-hydrogen) atoms. The van der Waals surface area contributed by atoms with Gasteiger partial charge < -0.3 is 5.32 Å². The van der Waals surface area contributed by atoms with Crippen LogP contribution < -0.4 is 5.32 Å². The molecule has 8 heteroatoms. The first-order valence-corrected chi connectivity index (χ1v) is 7.46. The summed E-state index contributed by atoms with van der Waals surface area (Å²) in [5.74, 6) is -0.501. The van der Waals surface area contributed by atoms with Crippen LogP contribution in [0.15, 0.2) is 46.9 Å². The Morgan fingerprint density at radius 2 is 2.09 bits per heavy atom. The number of rotatable bonds is 3. The van der Waals surface area contributed by atoms with Crippen molar-refractivity contribution < 1.29 is 9.18 Å². The van der Waals surface area contributed by atoms with E-state index in [0.29, 0.717) is 21.7 Å². The Hall–Kier alpha value is -2.61. The topological polar surface area (TPSA) is 72.7 Å². The molecule has 0 unspecified atom stereocenters. The van der Waals surface area contributed by atoms with Gasteiger partial charge in [-0.25, -0.2) is 4.39 Å². The first-order chi connectivity index (χ1) is 11.0. The van der Waals surface area contributed by atoms with Gasteiger partial charge in [-0.05, 0) is 53.7 Å². The van der Waals surface area contributed by atoms with Gasteiger partial charge in [-0.15, -0.1) is 5.10 Å². The van der Waals surface area contributed by atoms with Crippen LogP contribution in [0.25, 0.3) is 5.69 Å². The summed E-state index contributed by atoms with van der Waals surface area (Å²) in [5.41, 5.74) is 1.17. The standard InChI is InChI=1S/C15H11BrFN5O/c1-9-19-20-21-22(9)12-4-2-3-11(8-12)18-15(23)13-7-10(16)5-6-14(13)17/h2-8H,1H3,(H,18,23). The fourth-order valence-electron chi connectivity index (χ4n) is 2.06. The number of hydrogen-bond donors (Lipinski definition) is 1. The monoisotopic (exact) mass is 375 g/mol. The molecule has 1 N–H and O–H groups in total. The van der Waals surface area contributed by atoms with Crippen molar-refractivity contribution in [1.82, 2.24) is 20.2 Å². The maximum Gasteiger partial charge on any atom is 0.258 e. The number of nitrogens with one attached hydrogen (secondary N) is 1. The van der Waals surface area contributed by atoms with Crippen LogP contribution in [0.5, 0.6) is 0 Å². The maximum absolute atomic E-state index is 13.8. The average molecular weight is 376 g/mol. The van der Waals surface area contributed by atoms with E-state index in [-0.39, 0.29) is 5.56 Å². The number of anilines is 1. The molecular weight excluding hydrogens is 365 g/mol. The number of aryl methyl sites for hydroxylation is 1. The van der Waals surface area contributed by atoms with Gasteiger partial charge in [-0.3, -0.25) is 4.79 Å². The molecule has 0 saturated heterocycles. The van der Waals surface area contributed by atoms with E-state index < -0.39 is 11.7 Å².